The van der Waals surface area contributed by atoms with Crippen LogP contribution >= 0.6 is 0 Å². The largest absolute Gasteiger partial charge is 0.247 e. The molecule has 0 aliphatic heterocycles. The van der Waals surface area contributed by atoms with Gasteiger partial charge in [0.15, 0.2) is 5.82 Å². The van der Waals surface area contributed by atoms with Crippen LogP contribution in [0.4, 0.5) is 0 Å². The zero-order valence-corrected chi connectivity index (χ0v) is 32.7. The van der Waals surface area contributed by atoms with Crippen molar-refractivity contribution in [2.45, 2.75) is 0 Å². The van der Waals surface area contributed by atoms with Crippen molar-refractivity contribution in [3.05, 3.63) is 224 Å². The average molecular weight is 764 g/mol. The van der Waals surface area contributed by atoms with Gasteiger partial charge in [-0.2, -0.15) is 0 Å². The molecule has 0 fully saturated rings. The number of pyridine rings is 1. The standard InChI is InChI=1S/C57H37N3/c1-3-13-38(14-4-1)45-18-11-20-47(35-45)53-37-54(48-21-12-19-46(36-48)39-15-5-2-6-16-39)60-57(59-53)44-31-27-41(28-32-44)40-25-29-43(30-26-40)56-51-34-33-42-17-7-8-22-49(42)55(51)50-23-9-10-24-52(50)58-56/h1-37H. The minimum absolute atomic E-state index is 0.682. The normalized spacial score (nSPS) is 11.3. The Morgan fingerprint density at radius 2 is 0.717 bits per heavy atom. The Kier molecular flexibility index (Phi) is 8.83. The Labute approximate surface area is 349 Å². The molecular weight excluding hydrogens is 727 g/mol. The molecule has 0 N–H and O–H groups in total. The fourth-order valence-corrected chi connectivity index (χ4v) is 8.42. The third kappa shape index (κ3) is 6.58. The Balaban J connectivity index is 0.962. The van der Waals surface area contributed by atoms with Crippen LogP contribution in [0.15, 0.2) is 224 Å². The van der Waals surface area contributed by atoms with Crippen molar-refractivity contribution >= 4 is 32.4 Å². The van der Waals surface area contributed by atoms with E-state index in [0.29, 0.717) is 5.82 Å². The van der Waals surface area contributed by atoms with Gasteiger partial charge in [0.05, 0.1) is 22.6 Å². The fraction of sp³-hybridized carbons (Fsp3) is 0. The SMILES string of the molecule is c1ccc(-c2cccc(-c3cc(-c4cccc(-c5ccccc5)c4)nc(-c4ccc(-c5ccc(-c6nc7ccccc7c7c6ccc6ccccc67)cc5)cc4)n3)c2)cc1. The van der Waals surface area contributed by atoms with Crippen molar-refractivity contribution in [2.24, 2.45) is 0 Å². The number of nitrogens with zero attached hydrogens (tertiary/aromatic N) is 3. The van der Waals surface area contributed by atoms with Gasteiger partial charge in [0, 0.05) is 38.4 Å². The molecule has 0 atom stereocenters. The molecule has 9 aromatic carbocycles. The van der Waals surface area contributed by atoms with Crippen molar-refractivity contribution < 1.29 is 0 Å². The van der Waals surface area contributed by atoms with E-state index >= 15 is 0 Å². The van der Waals surface area contributed by atoms with E-state index < -0.39 is 0 Å². The van der Waals surface area contributed by atoms with Crippen LogP contribution in [-0.2, 0) is 0 Å². The number of para-hydroxylation sites is 1. The van der Waals surface area contributed by atoms with Gasteiger partial charge in [0.1, 0.15) is 0 Å². The molecule has 2 heterocycles. The number of hydrogen-bond donors (Lipinski definition) is 0. The zero-order chi connectivity index (χ0) is 39.8. The van der Waals surface area contributed by atoms with Crippen molar-refractivity contribution in [1.82, 2.24) is 15.0 Å². The minimum atomic E-state index is 0.682. The average Bonchev–Trinajstić information content (AvgIpc) is 3.34. The van der Waals surface area contributed by atoms with Gasteiger partial charge in [-0.3, -0.25) is 0 Å². The molecule has 3 nitrogen and oxygen atoms in total. The summed E-state index contributed by atoms with van der Waals surface area (Å²) >= 11 is 0. The van der Waals surface area contributed by atoms with Gasteiger partial charge in [-0.1, -0.05) is 200 Å². The van der Waals surface area contributed by atoms with Gasteiger partial charge in [0.25, 0.3) is 0 Å². The first-order valence-corrected chi connectivity index (χ1v) is 20.3. The number of fused-ring (bicyclic) bond motifs is 5. The number of hydrogen-bond acceptors (Lipinski definition) is 3. The number of benzene rings is 9. The van der Waals surface area contributed by atoms with Crippen LogP contribution in [0.1, 0.15) is 0 Å². The molecule has 0 unspecified atom stereocenters. The van der Waals surface area contributed by atoms with E-state index in [9.17, 15) is 0 Å². The van der Waals surface area contributed by atoms with E-state index in [2.05, 4.69) is 212 Å². The highest BCUT2D eigenvalue weighted by Crippen LogP contribution is 2.38. The second-order valence-corrected chi connectivity index (χ2v) is 15.2. The van der Waals surface area contributed by atoms with Gasteiger partial charge in [0.2, 0.25) is 0 Å². The van der Waals surface area contributed by atoms with Gasteiger partial charge >= 0.3 is 0 Å². The molecule has 0 bridgehead atoms. The maximum Gasteiger partial charge on any atom is 0.160 e. The first kappa shape index (κ1) is 35.2. The first-order valence-electron chi connectivity index (χ1n) is 20.3. The summed E-state index contributed by atoms with van der Waals surface area (Å²) in [5.74, 6) is 0.682. The summed E-state index contributed by atoms with van der Waals surface area (Å²) in [6.45, 7) is 0. The lowest BCUT2D eigenvalue weighted by atomic mass is 9.94. The molecule has 0 radical (unpaired) electrons. The maximum absolute atomic E-state index is 5.21. The summed E-state index contributed by atoms with van der Waals surface area (Å²) in [6, 6.07) is 79.2. The van der Waals surface area contributed by atoms with Gasteiger partial charge < -0.3 is 0 Å². The lowest BCUT2D eigenvalue weighted by molar-refractivity contribution is 1.18. The van der Waals surface area contributed by atoms with Crippen LogP contribution < -0.4 is 0 Å². The molecular formula is C57H37N3. The van der Waals surface area contributed by atoms with Gasteiger partial charge in [-0.15, -0.1) is 0 Å². The lowest BCUT2D eigenvalue weighted by Crippen LogP contribution is -1.96. The minimum Gasteiger partial charge on any atom is -0.247 e. The highest BCUT2D eigenvalue weighted by atomic mass is 14.9. The monoisotopic (exact) mass is 763 g/mol. The first-order chi connectivity index (χ1) is 29.7. The Morgan fingerprint density at radius 1 is 0.250 bits per heavy atom. The van der Waals surface area contributed by atoms with Gasteiger partial charge in [-0.25, -0.2) is 15.0 Å². The molecule has 11 aromatic rings. The molecule has 0 saturated heterocycles. The molecule has 60 heavy (non-hydrogen) atoms. The van der Waals surface area contributed by atoms with Crippen LogP contribution in [0.25, 0.3) is 111 Å². The summed E-state index contributed by atoms with van der Waals surface area (Å²) in [5, 5.41) is 6.05. The second kappa shape index (κ2) is 15.1. The second-order valence-electron chi connectivity index (χ2n) is 15.2. The predicted octanol–water partition coefficient (Wildman–Crippen LogP) is 15.0. The van der Waals surface area contributed by atoms with Crippen LogP contribution in [0, 0.1) is 0 Å². The summed E-state index contributed by atoms with van der Waals surface area (Å²) in [6.07, 6.45) is 0. The molecule has 0 spiro atoms. The molecule has 0 aliphatic carbocycles. The Morgan fingerprint density at radius 3 is 1.33 bits per heavy atom. The molecule has 2 aromatic heterocycles. The summed E-state index contributed by atoms with van der Waals surface area (Å²) in [4.78, 5) is 15.6. The summed E-state index contributed by atoms with van der Waals surface area (Å²) in [5.41, 5.74) is 14.8. The van der Waals surface area contributed by atoms with E-state index in [0.717, 1.165) is 72.5 Å². The van der Waals surface area contributed by atoms with Crippen LogP contribution in [0.5, 0.6) is 0 Å². The van der Waals surface area contributed by atoms with E-state index in [1.165, 1.54) is 32.7 Å². The predicted molar refractivity (Wildman–Crippen MR) is 250 cm³/mol. The molecule has 3 heteroatoms. The zero-order valence-electron chi connectivity index (χ0n) is 32.7. The Bertz CT molecular complexity index is 3220. The van der Waals surface area contributed by atoms with E-state index in [1.54, 1.807) is 0 Å². The fourth-order valence-electron chi connectivity index (χ4n) is 8.42. The van der Waals surface area contributed by atoms with Crippen LogP contribution in [0.3, 0.4) is 0 Å². The molecule has 11 rings (SSSR count). The molecule has 0 saturated carbocycles. The maximum atomic E-state index is 5.21. The highest BCUT2D eigenvalue weighted by molar-refractivity contribution is 6.22. The molecule has 0 aliphatic rings. The summed E-state index contributed by atoms with van der Waals surface area (Å²) < 4.78 is 0. The quantitative estimate of drug-likeness (QED) is 0.152. The number of rotatable bonds is 7. The van der Waals surface area contributed by atoms with E-state index in [1.807, 2.05) is 12.1 Å². The Hall–Kier alpha value is -8.01. The van der Waals surface area contributed by atoms with Gasteiger partial charge in [-0.05, 0) is 68.4 Å². The third-order valence-corrected chi connectivity index (χ3v) is 11.5. The highest BCUT2D eigenvalue weighted by Gasteiger charge is 2.15. The lowest BCUT2D eigenvalue weighted by Gasteiger charge is -2.13. The third-order valence-electron chi connectivity index (χ3n) is 11.5. The van der Waals surface area contributed by atoms with E-state index in [4.69, 9.17) is 15.0 Å². The topological polar surface area (TPSA) is 38.7 Å². The van der Waals surface area contributed by atoms with Crippen LogP contribution in [-0.4, -0.2) is 15.0 Å². The van der Waals surface area contributed by atoms with Crippen molar-refractivity contribution in [3.8, 4) is 78.5 Å². The summed E-state index contributed by atoms with van der Waals surface area (Å²) in [7, 11) is 0. The van der Waals surface area contributed by atoms with Crippen molar-refractivity contribution in [3.63, 3.8) is 0 Å². The van der Waals surface area contributed by atoms with Crippen LogP contribution in [0.2, 0.25) is 0 Å². The number of aromatic nitrogens is 3. The molecule has 0 amide bonds. The van der Waals surface area contributed by atoms with Crippen molar-refractivity contribution in [1.29, 1.82) is 0 Å². The van der Waals surface area contributed by atoms with E-state index in [-0.39, 0.29) is 0 Å². The molecule has 280 valence electrons. The smallest absolute Gasteiger partial charge is 0.160 e. The van der Waals surface area contributed by atoms with Crippen molar-refractivity contribution in [2.75, 3.05) is 0 Å².